The van der Waals surface area contributed by atoms with E-state index in [0.717, 1.165) is 11.1 Å². The summed E-state index contributed by atoms with van der Waals surface area (Å²) in [6.07, 6.45) is 6.52. The van der Waals surface area contributed by atoms with Crippen LogP contribution in [0.25, 0.3) is 16.8 Å². The molecule has 13 heteroatoms. The van der Waals surface area contributed by atoms with E-state index < -0.39 is 10.2 Å². The number of rotatable bonds is 8. The molecule has 12 nitrogen and oxygen atoms in total. The molecule has 3 aromatic rings. The van der Waals surface area contributed by atoms with Crippen LogP contribution in [0.1, 0.15) is 12.8 Å². The molecule has 3 aromatic heterocycles. The summed E-state index contributed by atoms with van der Waals surface area (Å²) in [5.41, 5.74) is 2.14. The Bertz CT molecular complexity index is 1120. The Hall–Kier alpha value is -2.74. The fourth-order valence-electron chi connectivity index (χ4n) is 3.54. The third-order valence-corrected chi connectivity index (χ3v) is 7.12. The van der Waals surface area contributed by atoms with Gasteiger partial charge in [0.15, 0.2) is 11.4 Å². The van der Waals surface area contributed by atoms with Crippen molar-refractivity contribution in [2.45, 2.75) is 18.9 Å². The number of piperidine rings is 1. The first-order chi connectivity index (χ1) is 14.9. The van der Waals surface area contributed by atoms with E-state index in [0.29, 0.717) is 43.3 Å². The molecule has 4 rings (SSSR count). The molecule has 1 fully saturated rings. The molecule has 0 bridgehead atoms. The Morgan fingerprint density at radius 3 is 2.77 bits per heavy atom. The minimum Gasteiger partial charge on any atom is -0.487 e. The largest absolute Gasteiger partial charge is 0.487 e. The van der Waals surface area contributed by atoms with Crippen LogP contribution in [0.4, 0.5) is 5.95 Å². The van der Waals surface area contributed by atoms with Crippen LogP contribution < -0.4 is 10.1 Å². The van der Waals surface area contributed by atoms with Gasteiger partial charge in [0.25, 0.3) is 10.2 Å². The molecule has 1 aliphatic rings. The van der Waals surface area contributed by atoms with Gasteiger partial charge in [-0.15, -0.1) is 5.10 Å². The summed E-state index contributed by atoms with van der Waals surface area (Å²) in [5, 5.41) is 23.8. The zero-order valence-electron chi connectivity index (χ0n) is 17.4. The molecule has 4 heterocycles. The highest BCUT2D eigenvalue weighted by Gasteiger charge is 2.30. The van der Waals surface area contributed by atoms with E-state index in [1.165, 1.54) is 22.7 Å². The number of H-pyrrole nitrogens is 1. The average molecular weight is 451 g/mol. The number of hydrogen-bond acceptors (Lipinski definition) is 8. The van der Waals surface area contributed by atoms with Crippen molar-refractivity contribution in [2.75, 3.05) is 45.7 Å². The summed E-state index contributed by atoms with van der Waals surface area (Å²) in [7, 11) is -0.326. The van der Waals surface area contributed by atoms with E-state index >= 15 is 0 Å². The number of fused-ring (bicyclic) bond motifs is 1. The van der Waals surface area contributed by atoms with Crippen LogP contribution in [0.2, 0.25) is 0 Å². The van der Waals surface area contributed by atoms with Crippen molar-refractivity contribution >= 4 is 21.8 Å². The Labute approximate surface area is 180 Å². The quantitative estimate of drug-likeness (QED) is 0.441. The first-order valence-corrected chi connectivity index (χ1v) is 11.4. The second-order valence-electron chi connectivity index (χ2n) is 7.43. The molecule has 0 radical (unpaired) electrons. The van der Waals surface area contributed by atoms with Crippen molar-refractivity contribution in [3.05, 3.63) is 24.7 Å². The number of aliphatic hydroxyl groups is 1. The Morgan fingerprint density at radius 2 is 2.13 bits per heavy atom. The number of nitrogens with one attached hydrogen (secondary N) is 2. The lowest BCUT2D eigenvalue weighted by atomic mass is 10.1. The van der Waals surface area contributed by atoms with Gasteiger partial charge in [0, 0.05) is 56.7 Å². The molecule has 0 aromatic carbocycles. The van der Waals surface area contributed by atoms with Gasteiger partial charge >= 0.3 is 0 Å². The highest BCUT2D eigenvalue weighted by atomic mass is 32.2. The maximum atomic E-state index is 12.3. The van der Waals surface area contributed by atoms with Crippen molar-refractivity contribution in [1.82, 2.24) is 33.4 Å². The molecule has 168 valence electrons. The topological polar surface area (TPSA) is 141 Å². The van der Waals surface area contributed by atoms with Crippen LogP contribution in [0.15, 0.2) is 24.7 Å². The second-order valence-corrected chi connectivity index (χ2v) is 9.57. The molecular formula is C18H26N8O4S. The zero-order chi connectivity index (χ0) is 22.0. The maximum absolute atomic E-state index is 12.3. The average Bonchev–Trinajstić information content (AvgIpc) is 3.42. The number of nitrogens with zero attached hydrogens (tertiary/aromatic N) is 6. The van der Waals surface area contributed by atoms with Crippen molar-refractivity contribution in [2.24, 2.45) is 0 Å². The van der Waals surface area contributed by atoms with Crippen LogP contribution >= 0.6 is 0 Å². The molecule has 0 spiro atoms. The fraction of sp³-hybridized carbons (Fsp3) is 0.500. The Morgan fingerprint density at radius 1 is 1.35 bits per heavy atom. The molecule has 1 saturated heterocycles. The maximum Gasteiger partial charge on any atom is 0.281 e. The molecule has 3 N–H and O–H groups in total. The molecule has 0 atom stereocenters. The van der Waals surface area contributed by atoms with Gasteiger partial charge in [0.05, 0.1) is 12.8 Å². The van der Waals surface area contributed by atoms with Crippen LogP contribution in [0, 0.1) is 0 Å². The molecule has 0 aliphatic carbocycles. The molecule has 31 heavy (non-hydrogen) atoms. The van der Waals surface area contributed by atoms with Gasteiger partial charge in [0.2, 0.25) is 5.95 Å². The van der Waals surface area contributed by atoms with Crippen LogP contribution in [0.3, 0.4) is 0 Å². The smallest absolute Gasteiger partial charge is 0.281 e. The number of aliphatic hydroxyl groups excluding tert-OH is 1. The molecule has 1 aliphatic heterocycles. The van der Waals surface area contributed by atoms with Gasteiger partial charge in [-0.2, -0.15) is 27.1 Å². The summed E-state index contributed by atoms with van der Waals surface area (Å²) >= 11 is 0. The highest BCUT2D eigenvalue weighted by Crippen LogP contribution is 2.33. The van der Waals surface area contributed by atoms with E-state index in [1.807, 2.05) is 6.07 Å². The second kappa shape index (κ2) is 8.78. The first kappa shape index (κ1) is 21.5. The first-order valence-electron chi connectivity index (χ1n) is 9.96. The Kier molecular flexibility index (Phi) is 6.09. The van der Waals surface area contributed by atoms with Gasteiger partial charge in [-0.25, -0.2) is 4.52 Å². The number of aromatic amines is 1. The SMILES string of the molecule is CN(C)S(=O)(=O)N1CCC(Nc2nc3c(OCCO)c(-c4cn[nH]c4)ccn3n2)CC1. The normalized spacial score (nSPS) is 16.3. The minimum atomic E-state index is -3.40. The summed E-state index contributed by atoms with van der Waals surface area (Å²) in [4.78, 5) is 4.59. The Balaban J connectivity index is 1.53. The summed E-state index contributed by atoms with van der Waals surface area (Å²) in [6.45, 7) is 0.862. The lowest BCUT2D eigenvalue weighted by Gasteiger charge is -2.32. The number of hydrogen-bond donors (Lipinski definition) is 3. The van der Waals surface area contributed by atoms with Gasteiger partial charge in [-0.05, 0) is 18.9 Å². The number of anilines is 1. The summed E-state index contributed by atoms with van der Waals surface area (Å²) in [6, 6.07) is 1.91. The van der Waals surface area contributed by atoms with Crippen molar-refractivity contribution < 1.29 is 18.3 Å². The van der Waals surface area contributed by atoms with Gasteiger partial charge in [-0.1, -0.05) is 0 Å². The van der Waals surface area contributed by atoms with Gasteiger partial charge in [0.1, 0.15) is 6.61 Å². The monoisotopic (exact) mass is 450 g/mol. The highest BCUT2D eigenvalue weighted by molar-refractivity contribution is 7.86. The lowest BCUT2D eigenvalue weighted by Crippen LogP contribution is -2.46. The lowest BCUT2D eigenvalue weighted by molar-refractivity contribution is 0.202. The standard InChI is InChI=1S/C18H26N8O4S/c1-24(2)31(28,29)25-6-3-14(4-7-25)21-18-22-17-16(30-10-9-27)15(5-8-26(17)23-18)13-11-19-20-12-13/h5,8,11-12,14,27H,3-4,6-7,9-10H2,1-2H3,(H,19,20)(H,21,23). The van der Waals surface area contributed by atoms with Gasteiger partial charge in [-0.3, -0.25) is 5.10 Å². The van der Waals surface area contributed by atoms with Gasteiger partial charge < -0.3 is 15.2 Å². The fourth-order valence-corrected chi connectivity index (χ4v) is 4.68. The predicted molar refractivity (Wildman–Crippen MR) is 114 cm³/mol. The zero-order valence-corrected chi connectivity index (χ0v) is 18.2. The predicted octanol–water partition coefficient (Wildman–Crippen LogP) is 0.173. The third kappa shape index (κ3) is 4.35. The summed E-state index contributed by atoms with van der Waals surface area (Å²) < 4.78 is 34.7. The number of pyridine rings is 1. The third-order valence-electron chi connectivity index (χ3n) is 5.18. The van der Waals surface area contributed by atoms with Crippen LogP contribution in [0.5, 0.6) is 5.75 Å². The molecule has 0 saturated carbocycles. The van der Waals surface area contributed by atoms with Crippen LogP contribution in [-0.4, -0.2) is 93.4 Å². The number of aromatic nitrogens is 5. The summed E-state index contributed by atoms with van der Waals surface area (Å²) in [5.74, 6) is 0.942. The minimum absolute atomic E-state index is 0.0566. The van der Waals surface area contributed by atoms with Crippen molar-refractivity contribution in [3.8, 4) is 16.9 Å². The van der Waals surface area contributed by atoms with Crippen molar-refractivity contribution in [1.29, 1.82) is 0 Å². The molecule has 0 amide bonds. The van der Waals surface area contributed by atoms with Crippen LogP contribution in [-0.2, 0) is 10.2 Å². The van der Waals surface area contributed by atoms with Crippen molar-refractivity contribution in [3.63, 3.8) is 0 Å². The molecule has 0 unspecified atom stereocenters. The van der Waals surface area contributed by atoms with E-state index in [9.17, 15) is 13.5 Å². The van der Waals surface area contributed by atoms with E-state index in [2.05, 4.69) is 25.6 Å². The molecular weight excluding hydrogens is 424 g/mol. The number of ether oxygens (including phenoxy) is 1. The van der Waals surface area contributed by atoms with E-state index in [4.69, 9.17) is 4.74 Å². The van der Waals surface area contributed by atoms with E-state index in [-0.39, 0.29) is 19.3 Å². The van der Waals surface area contributed by atoms with E-state index in [1.54, 1.807) is 23.1 Å².